The van der Waals surface area contributed by atoms with E-state index in [0.717, 1.165) is 0 Å². The monoisotopic (exact) mass is 391 g/mol. The highest BCUT2D eigenvalue weighted by Crippen LogP contribution is 2.21. The quantitative estimate of drug-likeness (QED) is 0.438. The number of ether oxygens (including phenoxy) is 1. The minimum absolute atomic E-state index is 0.241. The highest BCUT2D eigenvalue weighted by atomic mass is 32.2. The number of sulfonamides is 1. The lowest BCUT2D eigenvalue weighted by molar-refractivity contribution is -0.140. The Bertz CT molecular complexity index is 653. The molecule has 0 amide bonds. The maximum atomic E-state index is 12.5. The highest BCUT2D eigenvalue weighted by molar-refractivity contribution is 7.91. The van der Waals surface area contributed by atoms with Crippen molar-refractivity contribution >= 4 is 44.7 Å². The minimum atomic E-state index is -3.39. The summed E-state index contributed by atoms with van der Waals surface area (Å²) in [5, 5.41) is 5.45. The van der Waals surface area contributed by atoms with Crippen LogP contribution in [0, 0.1) is 0 Å². The molecule has 1 N–H and O–H groups in total. The van der Waals surface area contributed by atoms with Crippen molar-refractivity contribution in [2.24, 2.45) is 0 Å². The van der Waals surface area contributed by atoms with Gasteiger partial charge >= 0.3 is 5.97 Å². The fourth-order valence-corrected chi connectivity index (χ4v) is 5.16. The standard InChI is InChI=1S/C14H21N3O4S3/c1-21-12(18)4-2-6-15-14(22)16-7-9-17(10-8-16)24(19,20)13-5-3-11-23-13/h3,5,11H,2,4,6-10H2,1H3,(H,15,22). The summed E-state index contributed by atoms with van der Waals surface area (Å²) in [6.45, 7) is 2.50. The van der Waals surface area contributed by atoms with Crippen molar-refractivity contribution in [1.82, 2.24) is 14.5 Å². The average molecular weight is 392 g/mol. The van der Waals surface area contributed by atoms with E-state index in [1.807, 2.05) is 4.90 Å². The van der Waals surface area contributed by atoms with Crippen LogP contribution in [0.4, 0.5) is 0 Å². The predicted octanol–water partition coefficient (Wildman–Crippen LogP) is 0.882. The third-order valence-electron chi connectivity index (χ3n) is 3.68. The van der Waals surface area contributed by atoms with E-state index in [4.69, 9.17) is 12.2 Å². The number of methoxy groups -OCH3 is 1. The molecule has 24 heavy (non-hydrogen) atoms. The molecule has 0 spiro atoms. The van der Waals surface area contributed by atoms with Crippen molar-refractivity contribution in [3.63, 3.8) is 0 Å². The third kappa shape index (κ3) is 4.88. The lowest BCUT2D eigenvalue weighted by atomic mass is 10.3. The SMILES string of the molecule is COC(=O)CCCNC(=S)N1CCN(S(=O)(=O)c2cccs2)CC1. The normalized spacial score (nSPS) is 16.0. The van der Waals surface area contributed by atoms with Crippen molar-refractivity contribution in [3.8, 4) is 0 Å². The summed E-state index contributed by atoms with van der Waals surface area (Å²) in [4.78, 5) is 13.0. The molecule has 1 fully saturated rings. The Hall–Kier alpha value is -1.23. The smallest absolute Gasteiger partial charge is 0.305 e. The van der Waals surface area contributed by atoms with E-state index in [9.17, 15) is 13.2 Å². The average Bonchev–Trinajstić information content (AvgIpc) is 3.13. The van der Waals surface area contributed by atoms with Crippen LogP contribution in [-0.2, 0) is 19.6 Å². The zero-order chi connectivity index (χ0) is 17.6. The summed E-state index contributed by atoms with van der Waals surface area (Å²) < 4.78 is 31.4. The topological polar surface area (TPSA) is 79.0 Å². The molecule has 134 valence electrons. The van der Waals surface area contributed by atoms with Crippen LogP contribution in [0.15, 0.2) is 21.7 Å². The first-order valence-corrected chi connectivity index (χ1v) is 10.3. The number of esters is 1. The van der Waals surface area contributed by atoms with Gasteiger partial charge in [-0.05, 0) is 30.1 Å². The second-order valence-corrected chi connectivity index (χ2v) is 8.73. The largest absolute Gasteiger partial charge is 0.469 e. The minimum Gasteiger partial charge on any atom is -0.469 e. The second kappa shape index (κ2) is 8.75. The Labute approximate surface area is 151 Å². The van der Waals surface area contributed by atoms with Crippen molar-refractivity contribution in [1.29, 1.82) is 0 Å². The van der Waals surface area contributed by atoms with E-state index in [-0.39, 0.29) is 5.97 Å². The van der Waals surface area contributed by atoms with Crippen molar-refractivity contribution in [2.75, 3.05) is 39.8 Å². The molecule has 0 unspecified atom stereocenters. The molecule has 0 aliphatic carbocycles. The van der Waals surface area contributed by atoms with Crippen LogP contribution < -0.4 is 5.32 Å². The van der Waals surface area contributed by atoms with Gasteiger partial charge in [-0.25, -0.2) is 8.42 Å². The van der Waals surface area contributed by atoms with Gasteiger partial charge in [-0.3, -0.25) is 4.79 Å². The van der Waals surface area contributed by atoms with Gasteiger partial charge in [0.1, 0.15) is 4.21 Å². The van der Waals surface area contributed by atoms with Gasteiger partial charge in [0.05, 0.1) is 7.11 Å². The molecule has 0 atom stereocenters. The van der Waals surface area contributed by atoms with Crippen LogP contribution in [0.1, 0.15) is 12.8 Å². The van der Waals surface area contributed by atoms with Crippen LogP contribution >= 0.6 is 23.6 Å². The Kier molecular flexibility index (Phi) is 6.96. The molecule has 2 heterocycles. The van der Waals surface area contributed by atoms with Gasteiger partial charge < -0.3 is 15.0 Å². The first-order chi connectivity index (χ1) is 11.4. The first kappa shape index (κ1) is 19.1. The van der Waals surface area contributed by atoms with Crippen molar-refractivity contribution in [3.05, 3.63) is 17.5 Å². The fourth-order valence-electron chi connectivity index (χ4n) is 2.31. The summed E-state index contributed by atoms with van der Waals surface area (Å²) in [6.07, 6.45) is 0.985. The third-order valence-corrected chi connectivity index (χ3v) is 7.35. The predicted molar refractivity (Wildman–Crippen MR) is 96.5 cm³/mol. The lowest BCUT2D eigenvalue weighted by Gasteiger charge is -2.35. The summed E-state index contributed by atoms with van der Waals surface area (Å²) in [5.41, 5.74) is 0. The number of rotatable bonds is 6. The Morgan fingerprint density at radius 3 is 2.67 bits per heavy atom. The number of carbonyl (C=O) groups excluding carboxylic acids is 1. The van der Waals surface area contributed by atoms with E-state index in [1.165, 1.54) is 22.8 Å². The Balaban J connectivity index is 1.76. The number of piperazine rings is 1. The van der Waals surface area contributed by atoms with Gasteiger partial charge in [-0.2, -0.15) is 4.31 Å². The fraction of sp³-hybridized carbons (Fsp3) is 0.571. The van der Waals surface area contributed by atoms with Gasteiger partial charge in [0, 0.05) is 39.1 Å². The molecule has 1 aliphatic rings. The van der Waals surface area contributed by atoms with Crippen molar-refractivity contribution in [2.45, 2.75) is 17.1 Å². The molecule has 1 aliphatic heterocycles. The highest BCUT2D eigenvalue weighted by Gasteiger charge is 2.29. The number of thiophene rings is 1. The summed E-state index contributed by atoms with van der Waals surface area (Å²) in [5.74, 6) is -0.241. The van der Waals surface area contributed by atoms with E-state index < -0.39 is 10.0 Å². The van der Waals surface area contributed by atoms with Gasteiger partial charge in [0.15, 0.2) is 5.11 Å². The summed E-state index contributed by atoms with van der Waals surface area (Å²) >= 11 is 6.56. The van der Waals surface area contributed by atoms with Gasteiger partial charge in [-0.1, -0.05) is 6.07 Å². The summed E-state index contributed by atoms with van der Waals surface area (Å²) in [6, 6.07) is 3.36. The van der Waals surface area contributed by atoms with E-state index in [0.29, 0.717) is 54.9 Å². The molecule has 0 aromatic carbocycles. The number of nitrogens with one attached hydrogen (secondary N) is 1. The molecule has 10 heteroatoms. The molecule has 1 aromatic rings. The van der Waals surface area contributed by atoms with Crippen LogP contribution in [0.25, 0.3) is 0 Å². The molecule has 1 aromatic heterocycles. The van der Waals surface area contributed by atoms with Gasteiger partial charge in [0.25, 0.3) is 10.0 Å². The van der Waals surface area contributed by atoms with Crippen molar-refractivity contribution < 1.29 is 17.9 Å². The molecule has 0 bridgehead atoms. The number of hydrogen-bond acceptors (Lipinski definition) is 6. The van der Waals surface area contributed by atoms with Crippen LogP contribution in [0.2, 0.25) is 0 Å². The number of nitrogens with zero attached hydrogens (tertiary/aromatic N) is 2. The van der Waals surface area contributed by atoms with Crippen LogP contribution in [-0.4, -0.2) is 68.5 Å². The zero-order valence-electron chi connectivity index (χ0n) is 13.4. The number of thiocarbonyl (C=S) groups is 1. The molecule has 0 saturated carbocycles. The molecule has 1 saturated heterocycles. The Morgan fingerprint density at radius 1 is 1.38 bits per heavy atom. The second-order valence-electron chi connectivity index (χ2n) is 5.23. The summed E-state index contributed by atoms with van der Waals surface area (Å²) in [7, 11) is -2.03. The van der Waals surface area contributed by atoms with Crippen LogP contribution in [0.3, 0.4) is 0 Å². The number of carbonyl (C=O) groups is 1. The van der Waals surface area contributed by atoms with Gasteiger partial charge in [-0.15, -0.1) is 11.3 Å². The van der Waals surface area contributed by atoms with Crippen LogP contribution in [0.5, 0.6) is 0 Å². The molecular formula is C14H21N3O4S3. The van der Waals surface area contributed by atoms with E-state index >= 15 is 0 Å². The Morgan fingerprint density at radius 2 is 2.08 bits per heavy atom. The maximum Gasteiger partial charge on any atom is 0.305 e. The lowest BCUT2D eigenvalue weighted by Crippen LogP contribution is -2.53. The molecule has 7 nitrogen and oxygen atoms in total. The molecule has 2 rings (SSSR count). The molecule has 0 radical (unpaired) electrons. The molecular weight excluding hydrogens is 370 g/mol. The zero-order valence-corrected chi connectivity index (χ0v) is 15.9. The van der Waals surface area contributed by atoms with Gasteiger partial charge in [0.2, 0.25) is 0 Å². The maximum absolute atomic E-state index is 12.5. The van der Waals surface area contributed by atoms with E-state index in [1.54, 1.807) is 17.5 Å². The van der Waals surface area contributed by atoms with E-state index in [2.05, 4.69) is 10.1 Å². The number of hydrogen-bond donors (Lipinski definition) is 1. The first-order valence-electron chi connectivity index (χ1n) is 7.58.